The molecule has 1 aliphatic heterocycles. The average Bonchev–Trinajstić information content (AvgIpc) is 3.51. The van der Waals surface area contributed by atoms with Gasteiger partial charge in [0.05, 0.1) is 11.1 Å². The van der Waals surface area contributed by atoms with Crippen LogP contribution in [0.4, 0.5) is 4.39 Å². The van der Waals surface area contributed by atoms with Crippen LogP contribution in [-0.4, -0.2) is 28.4 Å². The van der Waals surface area contributed by atoms with Crippen molar-refractivity contribution in [1.82, 2.24) is 9.88 Å². The molecule has 2 atom stereocenters. The van der Waals surface area contributed by atoms with Gasteiger partial charge in [-0.1, -0.05) is 12.8 Å². The van der Waals surface area contributed by atoms with Crippen molar-refractivity contribution in [1.29, 1.82) is 0 Å². The molecule has 1 aromatic heterocycles. The van der Waals surface area contributed by atoms with Gasteiger partial charge in [0, 0.05) is 29.6 Å². The summed E-state index contributed by atoms with van der Waals surface area (Å²) >= 11 is 0. The highest BCUT2D eigenvalue weighted by molar-refractivity contribution is 6.06. The number of amides is 1. The molecule has 2 aliphatic carbocycles. The summed E-state index contributed by atoms with van der Waals surface area (Å²) in [6.45, 7) is 0.831. The fraction of sp³-hybridized carbons (Fsp3) is 0.545. The molecule has 5 rings (SSSR count). The van der Waals surface area contributed by atoms with E-state index < -0.39 is 0 Å². The van der Waals surface area contributed by atoms with Crippen molar-refractivity contribution < 1.29 is 9.18 Å². The lowest BCUT2D eigenvalue weighted by molar-refractivity contribution is 0.0392. The van der Waals surface area contributed by atoms with Crippen molar-refractivity contribution in [3.8, 4) is 0 Å². The monoisotopic (exact) mass is 352 g/mol. The second-order valence-corrected chi connectivity index (χ2v) is 8.28. The Morgan fingerprint density at radius 1 is 1.04 bits per heavy atom. The Hall–Kier alpha value is -1.97. The van der Waals surface area contributed by atoms with Crippen molar-refractivity contribution in [3.05, 3.63) is 41.3 Å². The number of likely N-dealkylation sites (tertiary alicyclic amines) is 1. The van der Waals surface area contributed by atoms with E-state index in [4.69, 9.17) is 4.98 Å². The molecule has 3 aliphatic rings. The number of rotatable bonds is 2. The first-order chi connectivity index (χ1) is 12.7. The Labute approximate surface area is 153 Å². The molecule has 0 radical (unpaired) electrons. The van der Waals surface area contributed by atoms with Crippen LogP contribution in [0.5, 0.6) is 0 Å². The molecule has 2 aromatic rings. The number of aromatic nitrogens is 1. The van der Waals surface area contributed by atoms with Crippen LogP contribution in [0.25, 0.3) is 10.9 Å². The SMILES string of the molecule is O=C(c1cc(C2CC2)nc2ccc(F)cc12)N1CCC[C@@H]2CCCC[C@@H]21. The van der Waals surface area contributed by atoms with Gasteiger partial charge in [0.25, 0.3) is 5.91 Å². The summed E-state index contributed by atoms with van der Waals surface area (Å²) in [7, 11) is 0. The molecule has 0 unspecified atom stereocenters. The van der Waals surface area contributed by atoms with Gasteiger partial charge in [0.1, 0.15) is 5.82 Å². The Morgan fingerprint density at radius 3 is 2.69 bits per heavy atom. The number of carbonyl (C=O) groups excluding carboxylic acids is 1. The van der Waals surface area contributed by atoms with Crippen molar-refractivity contribution >= 4 is 16.8 Å². The molecule has 26 heavy (non-hydrogen) atoms. The van der Waals surface area contributed by atoms with Crippen LogP contribution in [0.2, 0.25) is 0 Å². The van der Waals surface area contributed by atoms with Crippen LogP contribution >= 0.6 is 0 Å². The van der Waals surface area contributed by atoms with E-state index in [0.717, 1.165) is 43.4 Å². The lowest BCUT2D eigenvalue weighted by atomic mass is 9.78. The van der Waals surface area contributed by atoms with Crippen molar-refractivity contribution in [3.63, 3.8) is 0 Å². The molecule has 1 aromatic carbocycles. The van der Waals surface area contributed by atoms with Crippen molar-refractivity contribution in [2.75, 3.05) is 6.54 Å². The highest BCUT2D eigenvalue weighted by Gasteiger charge is 2.37. The molecule has 3 fully saturated rings. The number of carbonyl (C=O) groups is 1. The topological polar surface area (TPSA) is 33.2 Å². The zero-order valence-electron chi connectivity index (χ0n) is 15.1. The number of fused-ring (bicyclic) bond motifs is 2. The van der Waals surface area contributed by atoms with E-state index in [1.807, 2.05) is 6.07 Å². The van der Waals surface area contributed by atoms with E-state index in [0.29, 0.717) is 28.8 Å². The predicted molar refractivity (Wildman–Crippen MR) is 99.7 cm³/mol. The van der Waals surface area contributed by atoms with Crippen LogP contribution in [0.15, 0.2) is 24.3 Å². The maximum absolute atomic E-state index is 13.9. The predicted octanol–water partition coefficient (Wildman–Crippen LogP) is 5.05. The minimum Gasteiger partial charge on any atom is -0.335 e. The van der Waals surface area contributed by atoms with Gasteiger partial charge in [0.2, 0.25) is 0 Å². The molecule has 4 heteroatoms. The van der Waals surface area contributed by atoms with Gasteiger partial charge >= 0.3 is 0 Å². The number of halogens is 1. The van der Waals surface area contributed by atoms with E-state index in [1.54, 1.807) is 6.07 Å². The lowest BCUT2D eigenvalue weighted by Crippen LogP contribution is -2.49. The van der Waals surface area contributed by atoms with E-state index in [2.05, 4.69) is 4.90 Å². The van der Waals surface area contributed by atoms with Gasteiger partial charge in [-0.25, -0.2) is 4.39 Å². The minimum atomic E-state index is -0.304. The third-order valence-electron chi connectivity index (χ3n) is 6.52. The first kappa shape index (κ1) is 16.2. The number of nitrogens with zero attached hydrogens (tertiary/aromatic N) is 2. The van der Waals surface area contributed by atoms with Gasteiger partial charge in [-0.05, 0) is 68.7 Å². The molecule has 2 heterocycles. The zero-order chi connectivity index (χ0) is 17.7. The van der Waals surface area contributed by atoms with Crippen LogP contribution in [0, 0.1) is 11.7 Å². The number of benzene rings is 1. The molecular weight excluding hydrogens is 327 g/mol. The van der Waals surface area contributed by atoms with Crippen LogP contribution in [0.1, 0.15) is 73.3 Å². The van der Waals surface area contributed by atoms with Crippen molar-refractivity contribution in [2.45, 2.75) is 63.3 Å². The molecular formula is C22H25FN2O. The number of piperidine rings is 1. The van der Waals surface area contributed by atoms with E-state index in [1.165, 1.54) is 37.8 Å². The number of pyridine rings is 1. The Morgan fingerprint density at radius 2 is 1.85 bits per heavy atom. The highest BCUT2D eigenvalue weighted by Crippen LogP contribution is 2.41. The Balaban J connectivity index is 1.58. The number of hydrogen-bond donors (Lipinski definition) is 0. The van der Waals surface area contributed by atoms with E-state index >= 15 is 0 Å². The first-order valence-corrected chi connectivity index (χ1v) is 10.1. The normalized spacial score (nSPS) is 26.0. The molecule has 136 valence electrons. The quantitative estimate of drug-likeness (QED) is 0.758. The standard InChI is InChI=1S/C22H25FN2O/c23-16-9-10-19-17(12-16)18(13-20(24-19)14-7-8-14)22(26)25-11-3-5-15-4-1-2-6-21(15)25/h9-10,12-15,21H,1-8,11H2/t15-,21-/m0/s1. The summed E-state index contributed by atoms with van der Waals surface area (Å²) in [6.07, 6.45) is 9.47. The summed E-state index contributed by atoms with van der Waals surface area (Å²) < 4.78 is 13.9. The van der Waals surface area contributed by atoms with Gasteiger partial charge in [-0.3, -0.25) is 9.78 Å². The maximum atomic E-state index is 13.9. The van der Waals surface area contributed by atoms with E-state index in [-0.39, 0.29) is 11.7 Å². The van der Waals surface area contributed by atoms with Gasteiger partial charge in [0.15, 0.2) is 0 Å². The lowest BCUT2D eigenvalue weighted by Gasteiger charge is -2.44. The molecule has 2 saturated carbocycles. The average molecular weight is 352 g/mol. The molecule has 0 N–H and O–H groups in total. The van der Waals surface area contributed by atoms with Gasteiger partial charge in [-0.15, -0.1) is 0 Å². The Kier molecular flexibility index (Phi) is 3.95. The number of hydrogen-bond acceptors (Lipinski definition) is 2. The van der Waals surface area contributed by atoms with E-state index in [9.17, 15) is 9.18 Å². The maximum Gasteiger partial charge on any atom is 0.254 e. The largest absolute Gasteiger partial charge is 0.335 e. The smallest absolute Gasteiger partial charge is 0.254 e. The first-order valence-electron chi connectivity index (χ1n) is 10.1. The third kappa shape index (κ3) is 2.80. The summed E-state index contributed by atoms with van der Waals surface area (Å²) in [5.41, 5.74) is 2.41. The second-order valence-electron chi connectivity index (χ2n) is 8.28. The Bertz CT molecular complexity index is 859. The molecule has 0 spiro atoms. The van der Waals surface area contributed by atoms with Gasteiger partial charge < -0.3 is 4.90 Å². The van der Waals surface area contributed by atoms with Crippen molar-refractivity contribution in [2.24, 2.45) is 5.92 Å². The molecule has 1 saturated heterocycles. The summed E-state index contributed by atoms with van der Waals surface area (Å²) in [6, 6.07) is 6.96. The zero-order valence-corrected chi connectivity index (χ0v) is 15.1. The third-order valence-corrected chi connectivity index (χ3v) is 6.52. The van der Waals surface area contributed by atoms with Crippen LogP contribution in [0.3, 0.4) is 0 Å². The van der Waals surface area contributed by atoms with Gasteiger partial charge in [-0.2, -0.15) is 0 Å². The fourth-order valence-corrected chi connectivity index (χ4v) is 5.02. The second kappa shape index (κ2) is 6.33. The molecule has 1 amide bonds. The minimum absolute atomic E-state index is 0.0847. The molecule has 0 bridgehead atoms. The fourth-order valence-electron chi connectivity index (χ4n) is 5.02. The van der Waals surface area contributed by atoms with Crippen LogP contribution in [-0.2, 0) is 0 Å². The summed E-state index contributed by atoms with van der Waals surface area (Å²) in [5.74, 6) is 0.900. The van der Waals surface area contributed by atoms with Crippen LogP contribution < -0.4 is 0 Å². The molecule has 3 nitrogen and oxygen atoms in total. The summed E-state index contributed by atoms with van der Waals surface area (Å²) in [4.78, 5) is 20.4. The summed E-state index contributed by atoms with van der Waals surface area (Å²) in [5, 5.41) is 0.664. The highest BCUT2D eigenvalue weighted by atomic mass is 19.1.